The summed E-state index contributed by atoms with van der Waals surface area (Å²) in [5.41, 5.74) is 0. The summed E-state index contributed by atoms with van der Waals surface area (Å²) in [7, 11) is -5.82. The van der Waals surface area contributed by atoms with Gasteiger partial charge in [0, 0.05) is 6.42 Å². The van der Waals surface area contributed by atoms with E-state index in [2.05, 4.69) is 0 Å². The first-order valence-corrected chi connectivity index (χ1v) is 5.76. The van der Waals surface area contributed by atoms with Crippen molar-refractivity contribution >= 4 is 25.5 Å². The van der Waals surface area contributed by atoms with Gasteiger partial charge in [0.15, 0.2) is 0 Å². The molecule has 0 aliphatic rings. The molecule has 98 valence electrons. The van der Waals surface area contributed by atoms with Crippen molar-refractivity contribution in [1.29, 1.82) is 0 Å². The SMILES string of the molecule is O=C(O)CCC(CC(=O)O)(C(=O)O)P(=O)([O-])[O-].[K+].[K+]. The molecular weight excluding hydrogens is 337 g/mol. The average Bonchev–Trinajstić information content (AvgIpc) is 2.08. The molecule has 9 nitrogen and oxygen atoms in total. The zero-order valence-electron chi connectivity index (χ0n) is 10.4. The third-order valence-corrected chi connectivity index (χ3v) is 3.74. The molecule has 0 aromatic heterocycles. The molecule has 0 spiro atoms. The zero-order valence-corrected chi connectivity index (χ0v) is 17.5. The van der Waals surface area contributed by atoms with Crippen LogP contribution in [0.2, 0.25) is 0 Å². The third-order valence-electron chi connectivity index (χ3n) is 2.12. The maximum Gasteiger partial charge on any atom is 1.00 e. The van der Waals surface area contributed by atoms with E-state index >= 15 is 0 Å². The van der Waals surface area contributed by atoms with E-state index in [0.717, 1.165) is 0 Å². The Kier molecular flexibility index (Phi) is 14.3. The van der Waals surface area contributed by atoms with Gasteiger partial charge in [0.05, 0.1) is 6.42 Å². The van der Waals surface area contributed by atoms with Gasteiger partial charge in [-0.1, -0.05) is 0 Å². The van der Waals surface area contributed by atoms with Crippen molar-refractivity contribution in [3.63, 3.8) is 0 Å². The second-order valence-corrected chi connectivity index (χ2v) is 5.15. The number of carboxylic acid groups (broad SMARTS) is 3. The van der Waals surface area contributed by atoms with Crippen LogP contribution in [0.25, 0.3) is 0 Å². The number of rotatable bonds is 7. The Hall–Kier alpha value is 1.83. The molecule has 1 atom stereocenters. The van der Waals surface area contributed by atoms with Gasteiger partial charge in [-0.15, -0.1) is 0 Å². The molecule has 0 aromatic carbocycles. The minimum Gasteiger partial charge on any atom is -0.810 e. The van der Waals surface area contributed by atoms with E-state index in [9.17, 15) is 28.7 Å². The van der Waals surface area contributed by atoms with Gasteiger partial charge in [0.2, 0.25) is 0 Å². The van der Waals surface area contributed by atoms with Crippen molar-refractivity contribution in [3.8, 4) is 0 Å². The van der Waals surface area contributed by atoms with Crippen molar-refractivity contribution in [1.82, 2.24) is 0 Å². The minimum atomic E-state index is -5.82. The number of hydrogen-bond acceptors (Lipinski definition) is 6. The molecule has 3 N–H and O–H groups in total. The van der Waals surface area contributed by atoms with Crippen LogP contribution < -0.4 is 113 Å². The van der Waals surface area contributed by atoms with E-state index in [-0.39, 0.29) is 103 Å². The molecule has 0 saturated carbocycles. The summed E-state index contributed by atoms with van der Waals surface area (Å²) in [6, 6.07) is 0. The summed E-state index contributed by atoms with van der Waals surface area (Å²) in [6.45, 7) is 0. The Morgan fingerprint density at radius 1 is 1.00 bits per heavy atom. The Bertz CT molecular complexity index is 392. The first-order chi connectivity index (χ1) is 7.53. The molecule has 0 radical (unpaired) electrons. The molecule has 0 saturated heterocycles. The van der Waals surface area contributed by atoms with E-state index < -0.39 is 49.9 Å². The molecule has 0 rings (SSSR count). The average molecular weight is 346 g/mol. The summed E-state index contributed by atoms with van der Waals surface area (Å²) in [5.74, 6) is -5.51. The Morgan fingerprint density at radius 2 is 1.42 bits per heavy atom. The van der Waals surface area contributed by atoms with Gasteiger partial charge in [-0.3, -0.25) is 14.4 Å². The van der Waals surface area contributed by atoms with Crippen LogP contribution in [-0.4, -0.2) is 38.4 Å². The van der Waals surface area contributed by atoms with Gasteiger partial charge >= 0.3 is 121 Å². The monoisotopic (exact) mass is 346 g/mol. The smallest absolute Gasteiger partial charge is 0.810 e. The Labute approximate surface area is 193 Å². The van der Waals surface area contributed by atoms with Crippen molar-refractivity contribution in [3.05, 3.63) is 0 Å². The molecule has 19 heavy (non-hydrogen) atoms. The second-order valence-electron chi connectivity index (χ2n) is 3.30. The largest absolute Gasteiger partial charge is 1.00 e. The molecule has 0 heterocycles. The molecule has 0 aliphatic heterocycles. The van der Waals surface area contributed by atoms with Gasteiger partial charge in [-0.2, -0.15) is 0 Å². The summed E-state index contributed by atoms with van der Waals surface area (Å²) < 4.78 is 10.9. The van der Waals surface area contributed by atoms with Crippen LogP contribution in [0.3, 0.4) is 0 Å². The van der Waals surface area contributed by atoms with Crippen LogP contribution in [0.1, 0.15) is 19.3 Å². The molecule has 0 bridgehead atoms. The first-order valence-electron chi connectivity index (χ1n) is 4.22. The van der Waals surface area contributed by atoms with Crippen LogP contribution in [0.5, 0.6) is 0 Å². The number of carbonyl (C=O) groups is 3. The summed E-state index contributed by atoms with van der Waals surface area (Å²) in [6.07, 6.45) is -3.50. The normalized spacial score (nSPS) is 13.4. The maximum atomic E-state index is 10.9. The van der Waals surface area contributed by atoms with Crippen LogP contribution >= 0.6 is 7.60 Å². The van der Waals surface area contributed by atoms with Gasteiger partial charge in [0.25, 0.3) is 0 Å². The van der Waals surface area contributed by atoms with Gasteiger partial charge < -0.3 is 29.7 Å². The minimum absolute atomic E-state index is 0. The van der Waals surface area contributed by atoms with Crippen LogP contribution in [0.15, 0.2) is 0 Å². The fourth-order valence-electron chi connectivity index (χ4n) is 1.19. The molecule has 0 aromatic rings. The van der Waals surface area contributed by atoms with E-state index in [0.29, 0.717) is 0 Å². The van der Waals surface area contributed by atoms with Gasteiger partial charge in [0.1, 0.15) is 5.16 Å². The molecule has 1 unspecified atom stereocenters. The first kappa shape index (κ1) is 25.8. The topological polar surface area (TPSA) is 175 Å². The standard InChI is InChI=1S/C7H11O9P.2K/c8-4(9)1-2-7(6(12)13,3-5(10)11)17(14,15)16;;/h1-3H2,(H,8,9)(H,10,11)(H,12,13)(H2,14,15,16);;/q;2*+1/p-2. The van der Waals surface area contributed by atoms with Crippen LogP contribution in [0, 0.1) is 0 Å². The second kappa shape index (κ2) is 10.5. The fraction of sp³-hybridized carbons (Fsp3) is 0.571. The molecule has 0 amide bonds. The molecule has 0 aliphatic carbocycles. The Balaban J connectivity index is -0.00000128. The third kappa shape index (κ3) is 8.14. The van der Waals surface area contributed by atoms with E-state index in [1.807, 2.05) is 0 Å². The molecule has 12 heteroatoms. The van der Waals surface area contributed by atoms with Gasteiger partial charge in [-0.05, 0) is 14.0 Å². The predicted molar refractivity (Wildman–Crippen MR) is 47.1 cm³/mol. The number of hydrogen-bond donors (Lipinski definition) is 3. The summed E-state index contributed by atoms with van der Waals surface area (Å²) in [4.78, 5) is 53.2. The van der Waals surface area contributed by atoms with E-state index in [1.54, 1.807) is 0 Å². The van der Waals surface area contributed by atoms with Crippen molar-refractivity contribution in [2.24, 2.45) is 0 Å². The van der Waals surface area contributed by atoms with Crippen molar-refractivity contribution in [2.45, 2.75) is 24.4 Å². The molecule has 0 fully saturated rings. The van der Waals surface area contributed by atoms with E-state index in [4.69, 9.17) is 15.3 Å². The van der Waals surface area contributed by atoms with Crippen molar-refractivity contribution in [2.75, 3.05) is 0 Å². The molecular formula is C7H9K2O9P. The zero-order chi connectivity index (χ0) is 13.9. The fourth-order valence-corrected chi connectivity index (χ4v) is 2.13. The van der Waals surface area contributed by atoms with E-state index in [1.165, 1.54) is 0 Å². The quantitative estimate of drug-likeness (QED) is 0.298. The predicted octanol–water partition coefficient (Wildman–Crippen LogP) is -7.93. The Morgan fingerprint density at radius 3 is 1.63 bits per heavy atom. The number of aliphatic carboxylic acids is 3. The van der Waals surface area contributed by atoms with Crippen molar-refractivity contribution < 1.29 is 147 Å². The summed E-state index contributed by atoms with van der Waals surface area (Å²) in [5, 5.41) is 22.3. The summed E-state index contributed by atoms with van der Waals surface area (Å²) >= 11 is 0. The van der Waals surface area contributed by atoms with Gasteiger partial charge in [-0.25, -0.2) is 0 Å². The van der Waals surface area contributed by atoms with Crippen LogP contribution in [-0.2, 0) is 18.9 Å². The van der Waals surface area contributed by atoms with Crippen LogP contribution in [0.4, 0.5) is 0 Å². The number of carboxylic acids is 3. The maximum absolute atomic E-state index is 10.9.